The number of ether oxygens (including phenoxy) is 2. The highest BCUT2D eigenvalue weighted by Crippen LogP contribution is 2.37. The molecule has 25 heavy (non-hydrogen) atoms. The van der Waals surface area contributed by atoms with Gasteiger partial charge >= 0.3 is 11.9 Å². The Balaban J connectivity index is 2.00. The van der Waals surface area contributed by atoms with Crippen molar-refractivity contribution in [2.24, 2.45) is 0 Å². The molecule has 0 saturated heterocycles. The molecule has 0 unspecified atom stereocenters. The summed E-state index contributed by atoms with van der Waals surface area (Å²) in [5.74, 6) is -1.22. The molecule has 0 bridgehead atoms. The molecule has 0 atom stereocenters. The maximum absolute atomic E-state index is 12.7. The number of nitrogens with zero attached hydrogens (tertiary/aromatic N) is 1. The molecule has 1 aliphatic heterocycles. The minimum Gasteiger partial charge on any atom is -0.423 e. The summed E-state index contributed by atoms with van der Waals surface area (Å²) in [4.78, 5) is 36.8. The lowest BCUT2D eigenvalue weighted by Crippen LogP contribution is -2.22. The van der Waals surface area contributed by atoms with Crippen molar-refractivity contribution in [1.29, 1.82) is 0 Å². The number of hydrogen-bond donors (Lipinski definition) is 0. The molecule has 1 amide bonds. The van der Waals surface area contributed by atoms with E-state index in [-0.39, 0.29) is 17.4 Å². The minimum atomic E-state index is -0.576. The first kappa shape index (κ1) is 17.0. The Morgan fingerprint density at radius 3 is 2.12 bits per heavy atom. The number of rotatable bonds is 3. The SMILES string of the molecule is CC(=O)Oc1cc2c(cc1OC(C)=O)C(=O)N(c1ccc(Cl)cc1)C2. The first-order chi connectivity index (χ1) is 11.8. The number of esters is 2. The zero-order valence-electron chi connectivity index (χ0n) is 13.5. The van der Waals surface area contributed by atoms with Gasteiger partial charge in [-0.3, -0.25) is 14.4 Å². The number of anilines is 1. The molecule has 1 heterocycles. The van der Waals surface area contributed by atoms with Crippen molar-refractivity contribution >= 4 is 35.1 Å². The fraction of sp³-hybridized carbons (Fsp3) is 0.167. The van der Waals surface area contributed by atoms with Gasteiger partial charge < -0.3 is 14.4 Å². The van der Waals surface area contributed by atoms with E-state index in [9.17, 15) is 14.4 Å². The number of benzene rings is 2. The van der Waals surface area contributed by atoms with E-state index >= 15 is 0 Å². The third-order valence-electron chi connectivity index (χ3n) is 3.62. The molecule has 3 rings (SSSR count). The van der Waals surface area contributed by atoms with Crippen LogP contribution < -0.4 is 14.4 Å². The third-order valence-corrected chi connectivity index (χ3v) is 3.87. The second-order valence-electron chi connectivity index (χ2n) is 5.51. The Hall–Kier alpha value is -2.86. The highest BCUT2D eigenvalue weighted by atomic mass is 35.5. The van der Waals surface area contributed by atoms with Crippen LogP contribution in [0, 0.1) is 0 Å². The Kier molecular flexibility index (Phi) is 4.46. The molecule has 0 spiro atoms. The van der Waals surface area contributed by atoms with Gasteiger partial charge in [0.2, 0.25) is 0 Å². The quantitative estimate of drug-likeness (QED) is 0.620. The average Bonchev–Trinajstić information content (AvgIpc) is 2.84. The first-order valence-corrected chi connectivity index (χ1v) is 7.84. The van der Waals surface area contributed by atoms with Crippen molar-refractivity contribution in [1.82, 2.24) is 0 Å². The van der Waals surface area contributed by atoms with Gasteiger partial charge in [0.15, 0.2) is 11.5 Å². The van der Waals surface area contributed by atoms with E-state index in [4.69, 9.17) is 21.1 Å². The van der Waals surface area contributed by atoms with E-state index in [1.807, 2.05) is 0 Å². The van der Waals surface area contributed by atoms with E-state index < -0.39 is 11.9 Å². The molecule has 0 fully saturated rings. The normalized spacial score (nSPS) is 12.8. The third kappa shape index (κ3) is 3.49. The standard InChI is InChI=1S/C18H14ClNO5/c1-10(21)24-16-7-12-9-20(14-5-3-13(19)4-6-14)18(23)15(12)8-17(16)25-11(2)22/h3-8H,9H2,1-2H3. The van der Waals surface area contributed by atoms with Gasteiger partial charge in [0.05, 0.1) is 6.54 Å². The van der Waals surface area contributed by atoms with E-state index in [1.165, 1.54) is 19.9 Å². The van der Waals surface area contributed by atoms with Crippen LogP contribution in [0.15, 0.2) is 36.4 Å². The van der Waals surface area contributed by atoms with Crippen molar-refractivity contribution < 1.29 is 23.9 Å². The highest BCUT2D eigenvalue weighted by molar-refractivity contribution is 6.30. The summed E-state index contributed by atoms with van der Waals surface area (Å²) in [5.41, 5.74) is 1.75. The molecule has 0 aliphatic carbocycles. The number of halogens is 1. The second kappa shape index (κ2) is 6.57. The number of fused-ring (bicyclic) bond motifs is 1. The van der Waals surface area contributed by atoms with Gasteiger partial charge in [0.25, 0.3) is 5.91 Å². The van der Waals surface area contributed by atoms with Crippen LogP contribution >= 0.6 is 11.6 Å². The monoisotopic (exact) mass is 359 g/mol. The molecule has 0 saturated carbocycles. The molecule has 7 heteroatoms. The van der Waals surface area contributed by atoms with E-state index in [0.29, 0.717) is 28.4 Å². The Bertz CT molecular complexity index is 876. The minimum absolute atomic E-state index is 0.0350. The largest absolute Gasteiger partial charge is 0.423 e. The fourth-order valence-corrected chi connectivity index (χ4v) is 2.74. The Morgan fingerprint density at radius 1 is 1.00 bits per heavy atom. The van der Waals surface area contributed by atoms with Crippen LogP contribution in [0.4, 0.5) is 5.69 Å². The van der Waals surface area contributed by atoms with Crippen LogP contribution in [0.2, 0.25) is 5.02 Å². The van der Waals surface area contributed by atoms with E-state index in [0.717, 1.165) is 0 Å². The molecular weight excluding hydrogens is 346 g/mol. The van der Waals surface area contributed by atoms with Crippen LogP contribution in [-0.2, 0) is 16.1 Å². The summed E-state index contributed by atoms with van der Waals surface area (Å²) in [7, 11) is 0. The summed E-state index contributed by atoms with van der Waals surface area (Å²) in [5, 5.41) is 0.571. The lowest BCUT2D eigenvalue weighted by molar-refractivity contribution is -0.134. The van der Waals surface area contributed by atoms with Crippen LogP contribution in [0.5, 0.6) is 11.5 Å². The van der Waals surface area contributed by atoms with Gasteiger partial charge in [-0.2, -0.15) is 0 Å². The zero-order valence-corrected chi connectivity index (χ0v) is 14.3. The Morgan fingerprint density at radius 2 is 1.56 bits per heavy atom. The van der Waals surface area contributed by atoms with Gasteiger partial charge in [-0.1, -0.05) is 11.6 Å². The topological polar surface area (TPSA) is 72.9 Å². The Labute approximate surface area is 148 Å². The number of carbonyl (C=O) groups excluding carboxylic acids is 3. The lowest BCUT2D eigenvalue weighted by Gasteiger charge is -2.15. The molecule has 128 valence electrons. The van der Waals surface area contributed by atoms with Crippen LogP contribution in [0.3, 0.4) is 0 Å². The summed E-state index contributed by atoms with van der Waals surface area (Å²) < 4.78 is 10.2. The summed E-state index contributed by atoms with van der Waals surface area (Å²) in [6, 6.07) is 9.84. The van der Waals surface area contributed by atoms with E-state index in [1.54, 1.807) is 35.2 Å². The first-order valence-electron chi connectivity index (χ1n) is 7.46. The van der Waals surface area contributed by atoms with Gasteiger partial charge in [-0.25, -0.2) is 0 Å². The predicted molar refractivity (Wildman–Crippen MR) is 91.0 cm³/mol. The molecule has 0 radical (unpaired) electrons. The predicted octanol–water partition coefficient (Wildman–Crippen LogP) is 3.35. The van der Waals surface area contributed by atoms with Gasteiger partial charge in [0, 0.05) is 30.1 Å². The smallest absolute Gasteiger partial charge is 0.308 e. The number of carbonyl (C=O) groups is 3. The van der Waals surface area contributed by atoms with Crippen molar-refractivity contribution in [3.63, 3.8) is 0 Å². The molecule has 2 aromatic carbocycles. The van der Waals surface area contributed by atoms with Crippen molar-refractivity contribution in [3.05, 3.63) is 52.5 Å². The zero-order chi connectivity index (χ0) is 18.1. The number of amides is 1. The molecule has 1 aliphatic rings. The maximum atomic E-state index is 12.7. The van der Waals surface area contributed by atoms with E-state index in [2.05, 4.69) is 0 Å². The summed E-state index contributed by atoms with van der Waals surface area (Å²) >= 11 is 5.88. The molecular formula is C18H14ClNO5. The molecule has 0 N–H and O–H groups in total. The summed E-state index contributed by atoms with van der Waals surface area (Å²) in [6.45, 7) is 2.78. The van der Waals surface area contributed by atoms with Crippen molar-refractivity contribution in [3.8, 4) is 11.5 Å². The van der Waals surface area contributed by atoms with Crippen molar-refractivity contribution in [2.45, 2.75) is 20.4 Å². The summed E-state index contributed by atoms with van der Waals surface area (Å²) in [6.07, 6.45) is 0. The molecule has 2 aromatic rings. The van der Waals surface area contributed by atoms with Gasteiger partial charge in [-0.15, -0.1) is 0 Å². The second-order valence-corrected chi connectivity index (χ2v) is 5.95. The van der Waals surface area contributed by atoms with Crippen LogP contribution in [0.1, 0.15) is 29.8 Å². The highest BCUT2D eigenvalue weighted by Gasteiger charge is 2.31. The van der Waals surface area contributed by atoms with Gasteiger partial charge in [0.1, 0.15) is 0 Å². The maximum Gasteiger partial charge on any atom is 0.308 e. The van der Waals surface area contributed by atoms with Gasteiger partial charge in [-0.05, 0) is 42.0 Å². The molecule has 0 aromatic heterocycles. The number of hydrogen-bond acceptors (Lipinski definition) is 5. The molecule has 6 nitrogen and oxygen atoms in total. The fourth-order valence-electron chi connectivity index (χ4n) is 2.62. The van der Waals surface area contributed by atoms with Crippen molar-refractivity contribution in [2.75, 3.05) is 4.90 Å². The average molecular weight is 360 g/mol. The lowest BCUT2D eigenvalue weighted by atomic mass is 10.1. The van der Waals surface area contributed by atoms with Crippen LogP contribution in [0.25, 0.3) is 0 Å². The van der Waals surface area contributed by atoms with Crippen LogP contribution in [-0.4, -0.2) is 17.8 Å².